The van der Waals surface area contributed by atoms with Gasteiger partial charge in [-0.3, -0.25) is 4.99 Å². The van der Waals surface area contributed by atoms with Crippen molar-refractivity contribution in [2.45, 2.75) is 6.10 Å². The fraction of sp³-hybridized carbons (Fsp3) is 0.190. The molecule has 0 fully saturated rings. The van der Waals surface area contributed by atoms with E-state index in [1.54, 1.807) is 0 Å². The van der Waals surface area contributed by atoms with E-state index >= 15 is 0 Å². The number of fused-ring (bicyclic) bond motifs is 4. The number of guanidine groups is 1. The summed E-state index contributed by atoms with van der Waals surface area (Å²) in [7, 11) is 0. The van der Waals surface area contributed by atoms with Crippen molar-refractivity contribution in [2.75, 3.05) is 29.4 Å². The molecule has 5 heteroatoms. The third kappa shape index (κ3) is 2.54. The molecule has 0 spiro atoms. The number of aliphatic imine (C=N–C) groups is 1. The Morgan fingerprint density at radius 1 is 0.923 bits per heavy atom. The second-order valence-corrected chi connectivity index (χ2v) is 6.52. The third-order valence-corrected chi connectivity index (χ3v) is 5.06. The van der Waals surface area contributed by atoms with E-state index in [1.807, 2.05) is 30.3 Å². The van der Waals surface area contributed by atoms with E-state index in [4.69, 9.17) is 0 Å². The van der Waals surface area contributed by atoms with Crippen LogP contribution in [-0.4, -0.2) is 30.7 Å². The topological polar surface area (TPSA) is 39.1 Å². The SMILES string of the molecule is Cl.OC(CN1C2=NCCN2c2ccccc21)c1cccc2ccccc12. The van der Waals surface area contributed by atoms with E-state index in [2.05, 4.69) is 51.2 Å². The molecule has 1 N–H and O–H groups in total. The molecular weight excluding hydrogens is 346 g/mol. The number of hydrogen-bond donors (Lipinski definition) is 1. The Labute approximate surface area is 158 Å². The number of benzene rings is 3. The van der Waals surface area contributed by atoms with Gasteiger partial charge in [0.05, 0.1) is 30.6 Å². The van der Waals surface area contributed by atoms with E-state index < -0.39 is 6.10 Å². The Balaban J connectivity index is 0.00000168. The molecule has 2 aliphatic rings. The summed E-state index contributed by atoms with van der Waals surface area (Å²) in [4.78, 5) is 9.05. The first-order chi connectivity index (χ1) is 12.3. The molecule has 1 atom stereocenters. The lowest BCUT2D eigenvalue weighted by atomic mass is 10.00. The summed E-state index contributed by atoms with van der Waals surface area (Å²) < 4.78 is 0. The number of nitrogens with zero attached hydrogens (tertiary/aromatic N) is 3. The predicted molar refractivity (Wildman–Crippen MR) is 110 cm³/mol. The Morgan fingerprint density at radius 2 is 1.65 bits per heavy atom. The van der Waals surface area contributed by atoms with Crippen LogP contribution in [0.5, 0.6) is 0 Å². The van der Waals surface area contributed by atoms with Gasteiger partial charge in [0.1, 0.15) is 0 Å². The lowest BCUT2D eigenvalue weighted by Crippen LogP contribution is -2.38. The zero-order chi connectivity index (χ0) is 16.8. The van der Waals surface area contributed by atoms with Crippen LogP contribution < -0.4 is 9.80 Å². The maximum Gasteiger partial charge on any atom is 0.206 e. The highest BCUT2D eigenvalue weighted by molar-refractivity contribution is 6.17. The van der Waals surface area contributed by atoms with E-state index in [1.165, 1.54) is 5.69 Å². The van der Waals surface area contributed by atoms with Crippen molar-refractivity contribution < 1.29 is 5.11 Å². The number of aliphatic hydroxyl groups excluding tert-OH is 1. The Kier molecular flexibility index (Phi) is 4.31. The van der Waals surface area contributed by atoms with E-state index in [0.717, 1.165) is 41.1 Å². The second kappa shape index (κ2) is 6.63. The zero-order valence-corrected chi connectivity index (χ0v) is 15.1. The number of aliphatic hydroxyl groups is 1. The van der Waals surface area contributed by atoms with Crippen molar-refractivity contribution in [3.05, 3.63) is 72.3 Å². The van der Waals surface area contributed by atoms with Crippen molar-refractivity contribution in [1.82, 2.24) is 0 Å². The van der Waals surface area contributed by atoms with Crippen LogP contribution in [0, 0.1) is 0 Å². The highest BCUT2D eigenvalue weighted by atomic mass is 35.5. The summed E-state index contributed by atoms with van der Waals surface area (Å²) in [5, 5.41) is 13.3. The lowest BCUT2D eigenvalue weighted by molar-refractivity contribution is 0.189. The van der Waals surface area contributed by atoms with Gasteiger partial charge >= 0.3 is 0 Å². The fourth-order valence-corrected chi connectivity index (χ4v) is 3.92. The average Bonchev–Trinajstić information content (AvgIpc) is 3.24. The molecule has 0 aliphatic carbocycles. The molecule has 1 unspecified atom stereocenters. The average molecular weight is 366 g/mol. The van der Waals surface area contributed by atoms with Crippen LogP contribution in [0.25, 0.3) is 10.8 Å². The summed E-state index contributed by atoms with van der Waals surface area (Å²) in [5.74, 6) is 0.959. The van der Waals surface area contributed by atoms with Gasteiger partial charge in [0, 0.05) is 6.54 Å². The van der Waals surface area contributed by atoms with Gasteiger partial charge in [0.25, 0.3) is 0 Å². The molecule has 3 aromatic carbocycles. The van der Waals surface area contributed by atoms with Crippen LogP contribution in [0.2, 0.25) is 0 Å². The van der Waals surface area contributed by atoms with Crippen molar-refractivity contribution >= 4 is 40.5 Å². The predicted octanol–water partition coefficient (Wildman–Crippen LogP) is 3.99. The number of rotatable bonds is 3. The monoisotopic (exact) mass is 365 g/mol. The number of β-amino-alcohol motifs (C(OH)–C–C–N with tert-alkyl or cyclic N) is 1. The minimum absolute atomic E-state index is 0. The Hall–Kier alpha value is -2.56. The van der Waals surface area contributed by atoms with E-state index in [0.29, 0.717) is 6.54 Å². The number of anilines is 2. The maximum atomic E-state index is 11.0. The van der Waals surface area contributed by atoms with Crippen molar-refractivity contribution in [2.24, 2.45) is 4.99 Å². The van der Waals surface area contributed by atoms with Crippen LogP contribution in [0.15, 0.2) is 71.7 Å². The highest BCUT2D eigenvalue weighted by Crippen LogP contribution is 2.39. The largest absolute Gasteiger partial charge is 0.387 e. The minimum Gasteiger partial charge on any atom is -0.387 e. The first-order valence-electron chi connectivity index (χ1n) is 8.67. The maximum absolute atomic E-state index is 11.0. The molecule has 0 bridgehead atoms. The first-order valence-corrected chi connectivity index (χ1v) is 8.67. The molecular formula is C21H20ClN3O. The molecule has 0 saturated heterocycles. The van der Waals surface area contributed by atoms with Crippen molar-refractivity contribution in [3.8, 4) is 0 Å². The molecule has 132 valence electrons. The van der Waals surface area contributed by atoms with Gasteiger partial charge in [0.2, 0.25) is 5.96 Å². The van der Waals surface area contributed by atoms with Crippen LogP contribution in [0.4, 0.5) is 11.4 Å². The number of para-hydroxylation sites is 2. The summed E-state index contributed by atoms with van der Waals surface area (Å²) in [5.41, 5.74) is 3.27. The number of hydrogen-bond acceptors (Lipinski definition) is 4. The van der Waals surface area contributed by atoms with Crippen LogP contribution in [0.3, 0.4) is 0 Å². The second-order valence-electron chi connectivity index (χ2n) is 6.52. The van der Waals surface area contributed by atoms with Gasteiger partial charge in [-0.25, -0.2) is 0 Å². The normalized spacial score (nSPS) is 16.1. The van der Waals surface area contributed by atoms with E-state index in [-0.39, 0.29) is 12.4 Å². The molecule has 3 aromatic rings. The molecule has 0 aromatic heterocycles. The van der Waals surface area contributed by atoms with Gasteiger partial charge in [-0.2, -0.15) is 0 Å². The molecule has 2 heterocycles. The van der Waals surface area contributed by atoms with E-state index in [9.17, 15) is 5.11 Å². The summed E-state index contributed by atoms with van der Waals surface area (Å²) in [6, 6.07) is 22.6. The van der Waals surface area contributed by atoms with Gasteiger partial charge in [0.15, 0.2) is 0 Å². The van der Waals surface area contributed by atoms with Crippen LogP contribution >= 0.6 is 12.4 Å². The van der Waals surface area contributed by atoms with Gasteiger partial charge < -0.3 is 14.9 Å². The Bertz CT molecular complexity index is 982. The third-order valence-electron chi connectivity index (χ3n) is 5.06. The highest BCUT2D eigenvalue weighted by Gasteiger charge is 2.36. The van der Waals surface area contributed by atoms with Gasteiger partial charge in [-0.1, -0.05) is 54.6 Å². The molecule has 26 heavy (non-hydrogen) atoms. The first kappa shape index (κ1) is 16.9. The molecule has 0 radical (unpaired) electrons. The van der Waals surface area contributed by atoms with Crippen molar-refractivity contribution in [1.29, 1.82) is 0 Å². The van der Waals surface area contributed by atoms with Crippen LogP contribution in [-0.2, 0) is 0 Å². The van der Waals surface area contributed by atoms with Gasteiger partial charge in [-0.15, -0.1) is 12.4 Å². The Morgan fingerprint density at radius 3 is 2.54 bits per heavy atom. The van der Waals surface area contributed by atoms with Gasteiger partial charge in [-0.05, 0) is 28.5 Å². The molecule has 2 aliphatic heterocycles. The quantitative estimate of drug-likeness (QED) is 0.762. The molecule has 4 nitrogen and oxygen atoms in total. The smallest absolute Gasteiger partial charge is 0.206 e. The fourth-order valence-electron chi connectivity index (χ4n) is 3.92. The summed E-state index contributed by atoms with van der Waals surface area (Å²) in [6.07, 6.45) is -0.581. The molecule has 0 saturated carbocycles. The molecule has 5 rings (SSSR count). The van der Waals surface area contributed by atoms with Crippen molar-refractivity contribution in [3.63, 3.8) is 0 Å². The zero-order valence-electron chi connectivity index (χ0n) is 14.2. The standard InChI is InChI=1S/C21H19N3O.ClH/c25-20(17-9-5-7-15-6-1-2-8-16(15)17)14-24-19-11-4-3-10-18(19)23-13-12-22-21(23)24;/h1-11,20,25H,12-14H2;1H. The minimum atomic E-state index is -0.581. The molecule has 0 amide bonds. The number of halogens is 1. The summed E-state index contributed by atoms with van der Waals surface area (Å²) >= 11 is 0. The van der Waals surface area contributed by atoms with Crippen LogP contribution in [0.1, 0.15) is 11.7 Å². The summed E-state index contributed by atoms with van der Waals surface area (Å²) in [6.45, 7) is 2.22. The lowest BCUT2D eigenvalue weighted by Gasteiger charge is -2.23.